The second-order valence-corrected chi connectivity index (χ2v) is 3.07. The molecule has 0 N–H and O–H groups in total. The molecule has 0 fully saturated rings. The number of aryl methyl sites for hydroxylation is 1. The van der Waals surface area contributed by atoms with Crippen LogP contribution in [0.25, 0.3) is 0 Å². The Morgan fingerprint density at radius 1 is 1.54 bits per heavy atom. The highest BCUT2D eigenvalue weighted by Gasteiger charge is 2.10. The largest absolute Gasteiger partial charge is 0.320 e. The Labute approximate surface area is 80.9 Å². The zero-order valence-electron chi connectivity index (χ0n) is 7.34. The van der Waals surface area contributed by atoms with E-state index in [-0.39, 0.29) is 5.82 Å². The standard InChI is InChI=1S/C9H9ClFNO/c1-6-5-7(11)3-4-8(6)12(2)9(10)13/h3-5H,1-2H3. The minimum absolute atomic E-state index is 0.323. The zero-order valence-corrected chi connectivity index (χ0v) is 8.10. The smallest absolute Gasteiger partial charge is 0.302 e. The molecule has 1 amide bonds. The Morgan fingerprint density at radius 2 is 2.15 bits per heavy atom. The minimum atomic E-state index is -0.588. The molecule has 0 unspecified atom stereocenters. The van der Waals surface area contributed by atoms with Crippen LogP contribution in [-0.2, 0) is 0 Å². The maximum absolute atomic E-state index is 12.7. The van der Waals surface area contributed by atoms with Gasteiger partial charge in [-0.2, -0.15) is 0 Å². The van der Waals surface area contributed by atoms with Gasteiger partial charge in [-0.25, -0.2) is 4.39 Å². The predicted molar refractivity (Wildman–Crippen MR) is 50.8 cm³/mol. The van der Waals surface area contributed by atoms with Crippen molar-refractivity contribution >= 4 is 22.7 Å². The fourth-order valence-electron chi connectivity index (χ4n) is 1.09. The Morgan fingerprint density at radius 3 is 2.62 bits per heavy atom. The van der Waals surface area contributed by atoms with Crippen molar-refractivity contribution in [1.29, 1.82) is 0 Å². The van der Waals surface area contributed by atoms with Crippen LogP contribution in [-0.4, -0.2) is 12.4 Å². The summed E-state index contributed by atoms with van der Waals surface area (Å²) >= 11 is 5.27. The third-order valence-electron chi connectivity index (χ3n) is 1.78. The molecule has 0 bridgehead atoms. The SMILES string of the molecule is Cc1cc(F)ccc1N(C)C(=O)Cl. The lowest BCUT2D eigenvalue weighted by atomic mass is 10.2. The van der Waals surface area contributed by atoms with Crippen LogP contribution in [0.5, 0.6) is 0 Å². The lowest BCUT2D eigenvalue weighted by Crippen LogP contribution is -2.20. The van der Waals surface area contributed by atoms with E-state index in [2.05, 4.69) is 0 Å². The van der Waals surface area contributed by atoms with Crippen LogP contribution in [0.4, 0.5) is 14.9 Å². The van der Waals surface area contributed by atoms with Crippen LogP contribution in [0.1, 0.15) is 5.56 Å². The first kappa shape index (κ1) is 9.99. The van der Waals surface area contributed by atoms with Gasteiger partial charge in [0, 0.05) is 12.7 Å². The summed E-state index contributed by atoms with van der Waals surface area (Å²) in [4.78, 5) is 12.0. The van der Waals surface area contributed by atoms with Crippen molar-refractivity contribution in [3.63, 3.8) is 0 Å². The molecule has 70 valence electrons. The Bertz CT molecular complexity index is 340. The number of carbonyl (C=O) groups is 1. The molecule has 0 heterocycles. The molecule has 0 spiro atoms. The van der Waals surface area contributed by atoms with Crippen LogP contribution in [0, 0.1) is 12.7 Å². The van der Waals surface area contributed by atoms with Crippen LogP contribution in [0.3, 0.4) is 0 Å². The van der Waals surface area contributed by atoms with Crippen molar-refractivity contribution in [2.45, 2.75) is 6.92 Å². The number of rotatable bonds is 1. The van der Waals surface area contributed by atoms with Crippen molar-refractivity contribution in [1.82, 2.24) is 0 Å². The fraction of sp³-hybridized carbons (Fsp3) is 0.222. The number of benzene rings is 1. The molecule has 0 aromatic heterocycles. The van der Waals surface area contributed by atoms with E-state index in [1.165, 1.54) is 30.1 Å². The average molecular weight is 202 g/mol. The van der Waals surface area contributed by atoms with Gasteiger partial charge in [-0.1, -0.05) is 0 Å². The predicted octanol–water partition coefficient (Wildman–Crippen LogP) is 2.93. The molecule has 0 saturated heterocycles. The van der Waals surface area contributed by atoms with Crippen LogP contribution >= 0.6 is 11.6 Å². The van der Waals surface area contributed by atoms with Gasteiger partial charge in [0.25, 0.3) is 0 Å². The molecule has 0 saturated carbocycles. The van der Waals surface area contributed by atoms with Crippen molar-refractivity contribution < 1.29 is 9.18 Å². The van der Waals surface area contributed by atoms with E-state index in [9.17, 15) is 9.18 Å². The van der Waals surface area contributed by atoms with Gasteiger partial charge in [0.1, 0.15) is 5.82 Å². The minimum Gasteiger partial charge on any atom is -0.302 e. The van der Waals surface area contributed by atoms with Gasteiger partial charge in [-0.15, -0.1) is 0 Å². The van der Waals surface area contributed by atoms with Crippen LogP contribution in [0.15, 0.2) is 18.2 Å². The first-order valence-corrected chi connectivity index (χ1v) is 4.09. The summed E-state index contributed by atoms with van der Waals surface area (Å²) in [5.41, 5.74) is 1.29. The first-order valence-electron chi connectivity index (χ1n) is 3.71. The molecule has 0 aliphatic carbocycles. The van der Waals surface area contributed by atoms with Gasteiger partial charge in [0.05, 0.1) is 0 Å². The van der Waals surface area contributed by atoms with Gasteiger partial charge in [-0.05, 0) is 42.3 Å². The molecular formula is C9H9ClFNO. The quantitative estimate of drug-likeness (QED) is 0.505. The highest BCUT2D eigenvalue weighted by Crippen LogP contribution is 2.20. The molecule has 2 nitrogen and oxygen atoms in total. The molecule has 1 aromatic carbocycles. The van der Waals surface area contributed by atoms with Crippen LogP contribution < -0.4 is 4.90 Å². The second-order valence-electron chi connectivity index (χ2n) is 2.74. The molecule has 1 aromatic rings. The molecule has 0 aliphatic rings. The van der Waals surface area contributed by atoms with Gasteiger partial charge in [0.15, 0.2) is 0 Å². The third-order valence-corrected chi connectivity index (χ3v) is 2.04. The highest BCUT2D eigenvalue weighted by molar-refractivity contribution is 6.66. The highest BCUT2D eigenvalue weighted by atomic mass is 35.5. The summed E-state index contributed by atoms with van der Waals surface area (Å²) in [5.74, 6) is -0.323. The number of amides is 1. The molecule has 13 heavy (non-hydrogen) atoms. The van der Waals surface area contributed by atoms with E-state index in [4.69, 9.17) is 11.6 Å². The lowest BCUT2D eigenvalue weighted by Gasteiger charge is -2.15. The molecular weight excluding hydrogens is 193 g/mol. The molecule has 1 rings (SSSR count). The topological polar surface area (TPSA) is 20.3 Å². The molecule has 0 atom stereocenters. The molecule has 0 aliphatic heterocycles. The van der Waals surface area contributed by atoms with E-state index in [1.807, 2.05) is 0 Å². The van der Waals surface area contributed by atoms with E-state index in [1.54, 1.807) is 6.92 Å². The summed E-state index contributed by atoms with van der Waals surface area (Å²) in [6.45, 7) is 1.72. The van der Waals surface area contributed by atoms with Gasteiger partial charge >= 0.3 is 5.37 Å². The van der Waals surface area contributed by atoms with E-state index >= 15 is 0 Å². The first-order chi connectivity index (χ1) is 6.02. The zero-order chi connectivity index (χ0) is 10.0. The molecule has 0 radical (unpaired) electrons. The maximum atomic E-state index is 12.7. The monoisotopic (exact) mass is 201 g/mol. The van der Waals surface area contributed by atoms with E-state index in [0.29, 0.717) is 11.3 Å². The number of anilines is 1. The summed E-state index contributed by atoms with van der Waals surface area (Å²) in [5, 5.41) is -0.588. The van der Waals surface area contributed by atoms with Gasteiger partial charge in [0.2, 0.25) is 0 Å². The summed E-state index contributed by atoms with van der Waals surface area (Å²) < 4.78 is 12.7. The van der Waals surface area contributed by atoms with E-state index in [0.717, 1.165) is 0 Å². The van der Waals surface area contributed by atoms with Gasteiger partial charge < -0.3 is 4.90 Å². The van der Waals surface area contributed by atoms with Crippen molar-refractivity contribution in [2.75, 3.05) is 11.9 Å². The Kier molecular flexibility index (Phi) is 2.88. The fourth-order valence-corrected chi connectivity index (χ4v) is 1.18. The van der Waals surface area contributed by atoms with Crippen LogP contribution in [0.2, 0.25) is 0 Å². The number of nitrogens with zero attached hydrogens (tertiary/aromatic N) is 1. The van der Waals surface area contributed by atoms with Crippen molar-refractivity contribution in [3.8, 4) is 0 Å². The number of hydrogen-bond donors (Lipinski definition) is 0. The summed E-state index contributed by atoms with van der Waals surface area (Å²) in [7, 11) is 1.54. The Hall–Kier alpha value is -1.09. The van der Waals surface area contributed by atoms with Crippen molar-refractivity contribution in [2.24, 2.45) is 0 Å². The van der Waals surface area contributed by atoms with E-state index < -0.39 is 5.37 Å². The Balaban J connectivity index is 3.08. The third kappa shape index (κ3) is 2.18. The number of carbonyl (C=O) groups excluding carboxylic acids is 1. The summed E-state index contributed by atoms with van der Waals surface area (Å²) in [6, 6.07) is 4.16. The second kappa shape index (κ2) is 3.75. The normalized spacial score (nSPS) is 9.85. The van der Waals surface area contributed by atoms with Crippen molar-refractivity contribution in [3.05, 3.63) is 29.6 Å². The number of hydrogen-bond acceptors (Lipinski definition) is 1. The average Bonchev–Trinajstić information content (AvgIpc) is 2.03. The maximum Gasteiger partial charge on any atom is 0.320 e. The number of halogens is 2. The lowest BCUT2D eigenvalue weighted by molar-refractivity contribution is 0.265. The summed E-state index contributed by atoms with van der Waals surface area (Å²) in [6.07, 6.45) is 0. The van der Waals surface area contributed by atoms with Gasteiger partial charge in [-0.3, -0.25) is 4.79 Å². The molecule has 4 heteroatoms.